The van der Waals surface area contributed by atoms with Gasteiger partial charge < -0.3 is 4.74 Å². The molecule has 0 saturated heterocycles. The third-order valence-corrected chi connectivity index (χ3v) is 2.54. The Morgan fingerprint density at radius 3 is 2.80 bits per heavy atom. The first kappa shape index (κ1) is 12.0. The van der Waals surface area contributed by atoms with Crippen LogP contribution in [0.1, 0.15) is 31.0 Å². The number of pyridine rings is 1. The molecule has 4 heteroatoms. The molecule has 0 aromatic carbocycles. The minimum absolute atomic E-state index is 0.256. The van der Waals surface area contributed by atoms with Crippen molar-refractivity contribution in [2.45, 2.75) is 26.2 Å². The van der Waals surface area contributed by atoms with Gasteiger partial charge in [-0.1, -0.05) is 24.6 Å². The van der Waals surface area contributed by atoms with Crippen LogP contribution in [0.5, 0.6) is 0 Å². The average molecular weight is 228 g/mol. The molecule has 0 N–H and O–H groups in total. The summed E-state index contributed by atoms with van der Waals surface area (Å²) in [5, 5.41) is 0.452. The van der Waals surface area contributed by atoms with Crippen LogP contribution in [-0.2, 0) is 16.0 Å². The first-order valence-electron chi connectivity index (χ1n) is 4.83. The van der Waals surface area contributed by atoms with Crippen molar-refractivity contribution in [1.29, 1.82) is 0 Å². The third kappa shape index (κ3) is 2.69. The predicted octanol–water partition coefficient (Wildman–Crippen LogP) is 2.57. The van der Waals surface area contributed by atoms with Gasteiger partial charge in [-0.3, -0.25) is 4.79 Å². The van der Waals surface area contributed by atoms with Crippen molar-refractivity contribution in [3.8, 4) is 0 Å². The normalized spacial score (nSPS) is 12.3. The molecule has 0 saturated carbocycles. The van der Waals surface area contributed by atoms with E-state index in [2.05, 4.69) is 4.98 Å². The fraction of sp³-hybridized carbons (Fsp3) is 0.455. The molecule has 0 fully saturated rings. The molecule has 1 rings (SSSR count). The van der Waals surface area contributed by atoms with Gasteiger partial charge in [0.1, 0.15) is 5.15 Å². The highest BCUT2D eigenvalue weighted by atomic mass is 35.5. The van der Waals surface area contributed by atoms with Crippen molar-refractivity contribution in [1.82, 2.24) is 4.98 Å². The van der Waals surface area contributed by atoms with E-state index in [4.69, 9.17) is 16.3 Å². The number of nitrogens with zero attached hydrogens (tertiary/aromatic N) is 1. The minimum Gasteiger partial charge on any atom is -0.469 e. The molecule has 1 atom stereocenters. The lowest BCUT2D eigenvalue weighted by Gasteiger charge is -2.12. The molecule has 0 radical (unpaired) electrons. The molecule has 1 heterocycles. The van der Waals surface area contributed by atoms with Gasteiger partial charge in [-0.25, -0.2) is 4.98 Å². The van der Waals surface area contributed by atoms with Gasteiger partial charge in [0, 0.05) is 5.69 Å². The third-order valence-electron chi connectivity index (χ3n) is 2.33. The van der Waals surface area contributed by atoms with E-state index in [0.717, 1.165) is 17.7 Å². The highest BCUT2D eigenvalue weighted by Gasteiger charge is 2.19. The first-order chi connectivity index (χ1) is 7.10. The van der Waals surface area contributed by atoms with Crippen molar-refractivity contribution < 1.29 is 9.53 Å². The molecular formula is C11H14ClNO2. The smallest absolute Gasteiger partial charge is 0.312 e. The largest absolute Gasteiger partial charge is 0.469 e. The number of hydrogen-bond acceptors (Lipinski definition) is 3. The maximum absolute atomic E-state index is 11.4. The fourth-order valence-corrected chi connectivity index (χ4v) is 1.63. The molecule has 0 aliphatic rings. The van der Waals surface area contributed by atoms with Gasteiger partial charge in [0.2, 0.25) is 0 Å². The molecule has 1 aromatic heterocycles. The summed E-state index contributed by atoms with van der Waals surface area (Å²) < 4.78 is 4.70. The summed E-state index contributed by atoms with van der Waals surface area (Å²) in [5.74, 6) is -0.552. The summed E-state index contributed by atoms with van der Waals surface area (Å²) in [6, 6.07) is 3.52. The standard InChI is InChI=1S/C11H14ClNO2/c1-4-9-8(5-6-10(12)13-9)7(2)11(14)15-3/h5-7H,4H2,1-3H3. The van der Waals surface area contributed by atoms with E-state index >= 15 is 0 Å². The SMILES string of the molecule is CCc1nc(Cl)ccc1C(C)C(=O)OC. The van der Waals surface area contributed by atoms with Crippen LogP contribution in [0.25, 0.3) is 0 Å². The van der Waals surface area contributed by atoms with Crippen LogP contribution in [0.15, 0.2) is 12.1 Å². The number of methoxy groups -OCH3 is 1. The van der Waals surface area contributed by atoms with Gasteiger partial charge in [0.25, 0.3) is 0 Å². The number of halogens is 1. The summed E-state index contributed by atoms with van der Waals surface area (Å²) in [6.45, 7) is 3.78. The van der Waals surface area contributed by atoms with Crippen LogP contribution in [0.2, 0.25) is 5.15 Å². The van der Waals surface area contributed by atoms with Crippen LogP contribution in [0.4, 0.5) is 0 Å². The molecule has 0 bridgehead atoms. The molecule has 0 amide bonds. The quantitative estimate of drug-likeness (QED) is 0.589. The fourth-order valence-electron chi connectivity index (χ4n) is 1.47. The number of carbonyl (C=O) groups is 1. The Morgan fingerprint density at radius 1 is 1.60 bits per heavy atom. The summed E-state index contributed by atoms with van der Waals surface area (Å²) in [4.78, 5) is 15.6. The highest BCUT2D eigenvalue weighted by molar-refractivity contribution is 6.29. The molecule has 3 nitrogen and oxygen atoms in total. The van der Waals surface area contributed by atoms with Crippen molar-refractivity contribution >= 4 is 17.6 Å². The van der Waals surface area contributed by atoms with Gasteiger partial charge in [-0.15, -0.1) is 0 Å². The second kappa shape index (κ2) is 5.12. The molecule has 82 valence electrons. The summed E-state index contributed by atoms with van der Waals surface area (Å²) in [7, 11) is 1.38. The first-order valence-corrected chi connectivity index (χ1v) is 5.21. The van der Waals surface area contributed by atoms with E-state index in [1.165, 1.54) is 7.11 Å². The Labute approximate surface area is 94.4 Å². The molecule has 15 heavy (non-hydrogen) atoms. The van der Waals surface area contributed by atoms with Crippen LogP contribution in [0, 0.1) is 0 Å². The number of carbonyl (C=O) groups excluding carboxylic acids is 1. The van der Waals surface area contributed by atoms with Gasteiger partial charge in [0.05, 0.1) is 13.0 Å². The number of ether oxygens (including phenoxy) is 1. The summed E-state index contributed by atoms with van der Waals surface area (Å²) in [5.41, 5.74) is 1.73. The topological polar surface area (TPSA) is 39.2 Å². The lowest BCUT2D eigenvalue weighted by atomic mass is 9.98. The van der Waals surface area contributed by atoms with Gasteiger partial charge in [-0.2, -0.15) is 0 Å². The number of aryl methyl sites for hydroxylation is 1. The zero-order chi connectivity index (χ0) is 11.4. The van der Waals surface area contributed by atoms with E-state index in [1.54, 1.807) is 13.0 Å². The van der Waals surface area contributed by atoms with E-state index in [-0.39, 0.29) is 11.9 Å². The Bertz CT molecular complexity index is 366. The monoisotopic (exact) mass is 227 g/mol. The van der Waals surface area contributed by atoms with Crippen LogP contribution in [-0.4, -0.2) is 18.1 Å². The van der Waals surface area contributed by atoms with Crippen LogP contribution >= 0.6 is 11.6 Å². The summed E-state index contributed by atoms with van der Waals surface area (Å²) in [6.07, 6.45) is 0.747. The highest BCUT2D eigenvalue weighted by Crippen LogP contribution is 2.22. The van der Waals surface area contributed by atoms with Crippen molar-refractivity contribution in [3.63, 3.8) is 0 Å². The van der Waals surface area contributed by atoms with Crippen molar-refractivity contribution in [2.75, 3.05) is 7.11 Å². The Morgan fingerprint density at radius 2 is 2.27 bits per heavy atom. The van der Waals surface area contributed by atoms with E-state index in [0.29, 0.717) is 5.15 Å². The lowest BCUT2D eigenvalue weighted by molar-refractivity contribution is -0.142. The second-order valence-electron chi connectivity index (χ2n) is 3.27. The molecule has 0 spiro atoms. The average Bonchev–Trinajstić information content (AvgIpc) is 2.26. The number of hydrogen-bond donors (Lipinski definition) is 0. The van der Waals surface area contributed by atoms with Gasteiger partial charge in [0.15, 0.2) is 0 Å². The number of aromatic nitrogens is 1. The summed E-state index contributed by atoms with van der Waals surface area (Å²) >= 11 is 5.79. The number of rotatable bonds is 3. The predicted molar refractivity (Wildman–Crippen MR) is 59.1 cm³/mol. The molecule has 1 aromatic rings. The zero-order valence-corrected chi connectivity index (χ0v) is 9.84. The maximum atomic E-state index is 11.4. The van der Waals surface area contributed by atoms with Gasteiger partial charge in [-0.05, 0) is 25.0 Å². The molecule has 0 aliphatic carbocycles. The molecular weight excluding hydrogens is 214 g/mol. The van der Waals surface area contributed by atoms with Crippen molar-refractivity contribution in [3.05, 3.63) is 28.5 Å². The lowest BCUT2D eigenvalue weighted by Crippen LogP contribution is -2.13. The van der Waals surface area contributed by atoms with Crippen LogP contribution in [0.3, 0.4) is 0 Å². The van der Waals surface area contributed by atoms with Crippen molar-refractivity contribution in [2.24, 2.45) is 0 Å². The number of esters is 1. The van der Waals surface area contributed by atoms with Gasteiger partial charge >= 0.3 is 5.97 Å². The van der Waals surface area contributed by atoms with E-state index < -0.39 is 0 Å². The Kier molecular flexibility index (Phi) is 4.09. The Hall–Kier alpha value is -1.09. The van der Waals surface area contributed by atoms with E-state index in [1.807, 2.05) is 13.0 Å². The molecule has 1 unspecified atom stereocenters. The zero-order valence-electron chi connectivity index (χ0n) is 9.08. The maximum Gasteiger partial charge on any atom is 0.312 e. The minimum atomic E-state index is -0.297. The second-order valence-corrected chi connectivity index (χ2v) is 3.66. The van der Waals surface area contributed by atoms with E-state index in [9.17, 15) is 4.79 Å². The van der Waals surface area contributed by atoms with Crippen LogP contribution < -0.4 is 0 Å². The molecule has 0 aliphatic heterocycles. The Balaban J connectivity index is 3.07.